The highest BCUT2D eigenvalue weighted by Crippen LogP contribution is 2.40. The van der Waals surface area contributed by atoms with Gasteiger partial charge in [0, 0.05) is 23.0 Å². The van der Waals surface area contributed by atoms with E-state index >= 15 is 0 Å². The van der Waals surface area contributed by atoms with Crippen molar-refractivity contribution in [3.8, 4) is 10.6 Å². The molecule has 3 heteroatoms. The molecule has 0 amide bonds. The summed E-state index contributed by atoms with van der Waals surface area (Å²) in [6, 6.07) is 7.00. The summed E-state index contributed by atoms with van der Waals surface area (Å²) in [6.45, 7) is 2.27. The number of hydrogen-bond donors (Lipinski definition) is 1. The summed E-state index contributed by atoms with van der Waals surface area (Å²) >= 11 is 1.85. The van der Waals surface area contributed by atoms with Crippen LogP contribution in [0.5, 0.6) is 0 Å². The largest absolute Gasteiger partial charge is 0.327 e. The van der Waals surface area contributed by atoms with Crippen molar-refractivity contribution in [1.29, 1.82) is 0 Å². The van der Waals surface area contributed by atoms with E-state index in [1.807, 2.05) is 17.5 Å². The molecule has 0 spiro atoms. The summed E-state index contributed by atoms with van der Waals surface area (Å²) in [7, 11) is 0. The monoisotopic (exact) mass is 282 g/mol. The van der Waals surface area contributed by atoms with Crippen molar-refractivity contribution in [2.45, 2.75) is 31.7 Å². The molecule has 0 aliphatic heterocycles. The van der Waals surface area contributed by atoms with Gasteiger partial charge in [-0.25, -0.2) is 0 Å². The fourth-order valence-electron chi connectivity index (χ4n) is 2.90. The third-order valence-corrected chi connectivity index (χ3v) is 5.43. The van der Waals surface area contributed by atoms with E-state index in [0.29, 0.717) is 17.9 Å². The van der Waals surface area contributed by atoms with Crippen LogP contribution in [0.25, 0.3) is 16.6 Å². The first-order valence-electron chi connectivity index (χ1n) is 7.23. The molecular weight excluding hydrogens is 264 g/mol. The Bertz CT molecular complexity index is 669. The van der Waals surface area contributed by atoms with Crippen LogP contribution in [-0.4, -0.2) is 11.0 Å². The van der Waals surface area contributed by atoms with Gasteiger partial charge in [-0.1, -0.05) is 19.1 Å². The van der Waals surface area contributed by atoms with Gasteiger partial charge in [0.1, 0.15) is 0 Å². The van der Waals surface area contributed by atoms with Gasteiger partial charge in [0.2, 0.25) is 0 Å². The molecule has 20 heavy (non-hydrogen) atoms. The minimum atomic E-state index is 0.350. The van der Waals surface area contributed by atoms with E-state index in [2.05, 4.69) is 42.3 Å². The highest BCUT2D eigenvalue weighted by atomic mass is 32.1. The molecule has 2 aliphatic rings. The van der Waals surface area contributed by atoms with Gasteiger partial charge in [-0.3, -0.25) is 4.98 Å². The fourth-order valence-corrected chi connectivity index (χ4v) is 3.99. The molecule has 2 heterocycles. The van der Waals surface area contributed by atoms with Crippen molar-refractivity contribution < 1.29 is 0 Å². The molecule has 0 bridgehead atoms. The Kier molecular flexibility index (Phi) is 2.79. The molecular formula is C17H18N2S. The van der Waals surface area contributed by atoms with Crippen molar-refractivity contribution in [2.24, 2.45) is 11.7 Å². The lowest BCUT2D eigenvalue weighted by Crippen LogP contribution is -2.01. The van der Waals surface area contributed by atoms with Crippen molar-refractivity contribution in [3.63, 3.8) is 0 Å². The second-order valence-corrected chi connectivity index (χ2v) is 7.11. The average molecular weight is 282 g/mol. The molecule has 2 aliphatic carbocycles. The zero-order valence-corrected chi connectivity index (χ0v) is 12.4. The second-order valence-electron chi connectivity index (χ2n) is 6.02. The maximum absolute atomic E-state index is 5.89. The van der Waals surface area contributed by atoms with Crippen molar-refractivity contribution in [2.75, 3.05) is 0 Å². The Morgan fingerprint density at radius 1 is 1.35 bits per heavy atom. The van der Waals surface area contributed by atoms with Crippen molar-refractivity contribution in [1.82, 2.24) is 4.98 Å². The van der Waals surface area contributed by atoms with E-state index in [-0.39, 0.29) is 0 Å². The molecule has 2 N–H and O–H groups in total. The van der Waals surface area contributed by atoms with E-state index in [1.165, 1.54) is 20.9 Å². The Morgan fingerprint density at radius 2 is 2.20 bits per heavy atom. The third-order valence-electron chi connectivity index (χ3n) is 4.27. The minimum Gasteiger partial charge on any atom is -0.327 e. The third kappa shape index (κ3) is 2.11. The molecule has 4 rings (SSSR count). The molecule has 1 saturated carbocycles. The highest BCUT2D eigenvalue weighted by Gasteiger charge is 2.34. The van der Waals surface area contributed by atoms with Gasteiger partial charge in [-0.2, -0.15) is 0 Å². The number of thiophene rings is 1. The summed E-state index contributed by atoms with van der Waals surface area (Å²) < 4.78 is 0. The number of allylic oxidation sites excluding steroid dienone is 1. The number of aromatic nitrogens is 1. The minimum absolute atomic E-state index is 0.350. The first kappa shape index (κ1) is 12.3. The first-order chi connectivity index (χ1) is 9.70. The molecule has 1 fully saturated rings. The molecule has 0 aromatic carbocycles. The van der Waals surface area contributed by atoms with Crippen LogP contribution in [0, 0.1) is 5.92 Å². The number of nitrogens with two attached hydrogens (primary N) is 1. The Labute approximate surface area is 123 Å². The number of rotatable bonds is 2. The summed E-state index contributed by atoms with van der Waals surface area (Å²) in [5, 5.41) is 0. The van der Waals surface area contributed by atoms with Crippen LogP contribution in [-0.2, 0) is 6.42 Å². The van der Waals surface area contributed by atoms with Gasteiger partial charge in [-0.05, 0) is 48.1 Å². The van der Waals surface area contributed by atoms with Gasteiger partial charge >= 0.3 is 0 Å². The van der Waals surface area contributed by atoms with E-state index in [9.17, 15) is 0 Å². The lowest BCUT2D eigenvalue weighted by molar-refractivity contribution is 0.720. The van der Waals surface area contributed by atoms with E-state index in [0.717, 1.165) is 18.5 Å². The summed E-state index contributed by atoms with van der Waals surface area (Å²) in [4.78, 5) is 7.31. The Balaban J connectivity index is 1.63. The van der Waals surface area contributed by atoms with Crippen LogP contribution >= 0.6 is 11.3 Å². The predicted octanol–water partition coefficient (Wildman–Crippen LogP) is 3.83. The summed E-state index contributed by atoms with van der Waals surface area (Å²) in [6.07, 6.45) is 8.82. The van der Waals surface area contributed by atoms with Gasteiger partial charge in [-0.15, -0.1) is 11.3 Å². The normalized spacial score (nSPS) is 27.4. The first-order valence-corrected chi connectivity index (χ1v) is 8.05. The summed E-state index contributed by atoms with van der Waals surface area (Å²) in [5.74, 6) is 1.19. The Morgan fingerprint density at radius 3 is 2.90 bits per heavy atom. The Hall–Kier alpha value is -1.45. The van der Waals surface area contributed by atoms with E-state index in [4.69, 9.17) is 5.73 Å². The van der Waals surface area contributed by atoms with Crippen LogP contribution < -0.4 is 5.73 Å². The smallest absolute Gasteiger partial charge is 0.0802 e. The van der Waals surface area contributed by atoms with Crippen molar-refractivity contribution in [3.05, 3.63) is 46.5 Å². The number of pyridine rings is 1. The molecule has 2 nitrogen and oxygen atoms in total. The number of fused-ring (bicyclic) bond motifs is 1. The molecule has 2 aromatic heterocycles. The standard InChI is InChI=1S/C17H18N2S/c1-10-2-5-16-12(6-10)7-17(20-16)15-4-3-11(9-19-15)13-8-14(13)18/h2-5,7,9-10,13-14H,6,8,18H2,1H3/t10?,13-,14+/m1/s1. The lowest BCUT2D eigenvalue weighted by Gasteiger charge is -2.10. The quantitative estimate of drug-likeness (QED) is 0.909. The maximum atomic E-state index is 5.89. The summed E-state index contributed by atoms with van der Waals surface area (Å²) in [5.41, 5.74) is 9.74. The van der Waals surface area contributed by atoms with Crippen LogP contribution in [0.3, 0.4) is 0 Å². The van der Waals surface area contributed by atoms with Crippen LogP contribution in [0.15, 0.2) is 30.5 Å². The van der Waals surface area contributed by atoms with Crippen LogP contribution in [0.4, 0.5) is 0 Å². The topological polar surface area (TPSA) is 38.9 Å². The van der Waals surface area contributed by atoms with Gasteiger partial charge in [0.15, 0.2) is 0 Å². The van der Waals surface area contributed by atoms with Crippen LogP contribution in [0.1, 0.15) is 35.3 Å². The number of hydrogen-bond acceptors (Lipinski definition) is 3. The zero-order chi connectivity index (χ0) is 13.7. The average Bonchev–Trinajstić information content (AvgIpc) is 3.03. The zero-order valence-electron chi connectivity index (χ0n) is 11.5. The molecule has 1 unspecified atom stereocenters. The maximum Gasteiger partial charge on any atom is 0.0802 e. The second kappa shape index (κ2) is 4.54. The fraction of sp³-hybridized carbons (Fsp3) is 0.353. The SMILES string of the molecule is CC1C=Cc2sc(-c3ccc([C@H]4C[C@@H]4N)cn3)cc2C1. The molecule has 2 aromatic rings. The van der Waals surface area contributed by atoms with Crippen LogP contribution in [0.2, 0.25) is 0 Å². The molecule has 0 saturated heterocycles. The lowest BCUT2D eigenvalue weighted by atomic mass is 9.96. The molecule has 3 atom stereocenters. The van der Waals surface area contributed by atoms with E-state index < -0.39 is 0 Å². The molecule has 102 valence electrons. The van der Waals surface area contributed by atoms with Crippen molar-refractivity contribution >= 4 is 17.4 Å². The van der Waals surface area contributed by atoms with E-state index in [1.54, 1.807) is 0 Å². The molecule has 0 radical (unpaired) electrons. The predicted molar refractivity (Wildman–Crippen MR) is 84.8 cm³/mol. The highest BCUT2D eigenvalue weighted by molar-refractivity contribution is 7.16. The van der Waals surface area contributed by atoms with Gasteiger partial charge < -0.3 is 5.73 Å². The van der Waals surface area contributed by atoms with Gasteiger partial charge in [0.05, 0.1) is 10.6 Å². The number of nitrogens with zero attached hydrogens (tertiary/aromatic N) is 1. The van der Waals surface area contributed by atoms with Gasteiger partial charge in [0.25, 0.3) is 0 Å².